The molecule has 0 aliphatic carbocycles. The maximum Gasteiger partial charge on any atom is 0.260 e. The summed E-state index contributed by atoms with van der Waals surface area (Å²) in [7, 11) is 0. The normalized spacial score (nSPS) is 13.2. The van der Waals surface area contributed by atoms with Crippen molar-refractivity contribution in [3.8, 4) is 5.75 Å². The topological polar surface area (TPSA) is 58.6 Å². The average Bonchev–Trinajstić information content (AvgIpc) is 2.52. The molecular formula is C19H23NO3. The molecule has 0 aliphatic heterocycles. The van der Waals surface area contributed by atoms with Crippen LogP contribution in [0.25, 0.3) is 0 Å². The van der Waals surface area contributed by atoms with E-state index in [9.17, 15) is 9.90 Å². The number of aliphatic hydroxyl groups is 1. The molecule has 0 aliphatic rings. The summed E-state index contributed by atoms with van der Waals surface area (Å²) < 4.78 is 5.63. The van der Waals surface area contributed by atoms with E-state index in [2.05, 4.69) is 5.32 Å². The first-order valence-corrected chi connectivity index (χ1v) is 7.72. The highest BCUT2D eigenvalue weighted by atomic mass is 16.5. The Bertz CT molecular complexity index is 669. The van der Waals surface area contributed by atoms with Crippen LogP contribution in [0, 0.1) is 13.8 Å². The van der Waals surface area contributed by atoms with Gasteiger partial charge in [-0.05, 0) is 49.6 Å². The van der Waals surface area contributed by atoms with Crippen molar-refractivity contribution in [3.63, 3.8) is 0 Å². The molecule has 2 aromatic rings. The largest absolute Gasteiger partial charge is 0.481 e. The number of hydrogen-bond acceptors (Lipinski definition) is 3. The molecule has 4 nitrogen and oxygen atoms in total. The summed E-state index contributed by atoms with van der Waals surface area (Å²) in [5.41, 5.74) is 2.89. The summed E-state index contributed by atoms with van der Waals surface area (Å²) in [6.45, 7) is 5.75. The SMILES string of the molecule is Cc1cccc(OC(C)C(=O)NCC(O)c2ccccc2C)c1. The maximum absolute atomic E-state index is 12.1. The fraction of sp³-hybridized carbons (Fsp3) is 0.316. The van der Waals surface area contributed by atoms with Gasteiger partial charge in [0.1, 0.15) is 5.75 Å². The third-order valence-electron chi connectivity index (χ3n) is 3.69. The highest BCUT2D eigenvalue weighted by Crippen LogP contribution is 2.17. The lowest BCUT2D eigenvalue weighted by atomic mass is 10.0. The molecule has 23 heavy (non-hydrogen) atoms. The van der Waals surface area contributed by atoms with Gasteiger partial charge < -0.3 is 15.2 Å². The van der Waals surface area contributed by atoms with Crippen LogP contribution in [0.4, 0.5) is 0 Å². The maximum atomic E-state index is 12.1. The van der Waals surface area contributed by atoms with Crippen LogP contribution in [0.15, 0.2) is 48.5 Å². The average molecular weight is 313 g/mol. The first-order valence-electron chi connectivity index (χ1n) is 7.72. The van der Waals surface area contributed by atoms with Crippen LogP contribution in [-0.2, 0) is 4.79 Å². The molecule has 0 spiro atoms. The Morgan fingerprint density at radius 3 is 2.61 bits per heavy atom. The van der Waals surface area contributed by atoms with Crippen LogP contribution in [0.2, 0.25) is 0 Å². The molecule has 4 heteroatoms. The molecule has 0 bridgehead atoms. The molecule has 2 unspecified atom stereocenters. The van der Waals surface area contributed by atoms with E-state index in [4.69, 9.17) is 4.74 Å². The van der Waals surface area contributed by atoms with Gasteiger partial charge in [0.2, 0.25) is 0 Å². The summed E-state index contributed by atoms with van der Waals surface area (Å²) in [6, 6.07) is 15.1. The second-order valence-electron chi connectivity index (χ2n) is 5.69. The lowest BCUT2D eigenvalue weighted by Gasteiger charge is -2.18. The molecule has 2 N–H and O–H groups in total. The Morgan fingerprint density at radius 1 is 1.17 bits per heavy atom. The quantitative estimate of drug-likeness (QED) is 0.862. The smallest absolute Gasteiger partial charge is 0.260 e. The molecule has 1 amide bonds. The van der Waals surface area contributed by atoms with Crippen molar-refractivity contribution in [1.29, 1.82) is 0 Å². The van der Waals surface area contributed by atoms with Crippen LogP contribution in [0.3, 0.4) is 0 Å². The van der Waals surface area contributed by atoms with Gasteiger partial charge in [-0.25, -0.2) is 0 Å². The van der Waals surface area contributed by atoms with Crippen molar-refractivity contribution in [2.45, 2.75) is 33.0 Å². The first kappa shape index (κ1) is 17.0. The second-order valence-corrected chi connectivity index (χ2v) is 5.69. The van der Waals surface area contributed by atoms with Crippen molar-refractivity contribution < 1.29 is 14.6 Å². The number of aryl methyl sites for hydroxylation is 2. The van der Waals surface area contributed by atoms with E-state index in [0.717, 1.165) is 16.7 Å². The standard InChI is InChI=1S/C19H23NO3/c1-13-7-6-9-16(11-13)23-15(3)19(22)20-12-18(21)17-10-5-4-8-14(17)2/h4-11,15,18,21H,12H2,1-3H3,(H,20,22). The van der Waals surface area contributed by atoms with Crippen molar-refractivity contribution >= 4 is 5.91 Å². The van der Waals surface area contributed by atoms with Gasteiger partial charge >= 0.3 is 0 Å². The van der Waals surface area contributed by atoms with Crippen molar-refractivity contribution in [1.82, 2.24) is 5.32 Å². The molecule has 0 radical (unpaired) electrons. The Balaban J connectivity index is 1.88. The van der Waals surface area contributed by atoms with Gasteiger partial charge in [0.15, 0.2) is 6.10 Å². The number of carbonyl (C=O) groups is 1. The van der Waals surface area contributed by atoms with Gasteiger partial charge in [-0.15, -0.1) is 0 Å². The highest BCUT2D eigenvalue weighted by molar-refractivity contribution is 5.80. The highest BCUT2D eigenvalue weighted by Gasteiger charge is 2.17. The molecule has 2 rings (SSSR count). The fourth-order valence-corrected chi connectivity index (χ4v) is 2.36. The van der Waals surface area contributed by atoms with Crippen LogP contribution in [0.1, 0.15) is 29.7 Å². The predicted molar refractivity (Wildman–Crippen MR) is 90.4 cm³/mol. The molecule has 2 atom stereocenters. The Kier molecular flexibility index (Phi) is 5.77. The summed E-state index contributed by atoms with van der Waals surface area (Å²) in [4.78, 5) is 12.1. The molecule has 0 aromatic heterocycles. The van der Waals surface area contributed by atoms with E-state index in [1.54, 1.807) is 6.92 Å². The number of aliphatic hydroxyl groups excluding tert-OH is 1. The number of hydrogen-bond donors (Lipinski definition) is 2. The predicted octanol–water partition coefficient (Wildman–Crippen LogP) is 2.92. The summed E-state index contributed by atoms with van der Waals surface area (Å²) >= 11 is 0. The van der Waals surface area contributed by atoms with E-state index in [0.29, 0.717) is 5.75 Å². The zero-order valence-corrected chi connectivity index (χ0v) is 13.7. The lowest BCUT2D eigenvalue weighted by Crippen LogP contribution is -2.38. The van der Waals surface area contributed by atoms with Gasteiger partial charge in [-0.3, -0.25) is 4.79 Å². The Labute approximate surface area is 137 Å². The lowest BCUT2D eigenvalue weighted by molar-refractivity contribution is -0.127. The van der Waals surface area contributed by atoms with Crippen molar-refractivity contribution in [2.24, 2.45) is 0 Å². The van der Waals surface area contributed by atoms with Gasteiger partial charge in [-0.1, -0.05) is 36.4 Å². The van der Waals surface area contributed by atoms with Crippen LogP contribution in [0.5, 0.6) is 5.75 Å². The zero-order valence-electron chi connectivity index (χ0n) is 13.7. The summed E-state index contributed by atoms with van der Waals surface area (Å²) in [6.07, 6.45) is -1.35. The molecule has 2 aromatic carbocycles. The second kappa shape index (κ2) is 7.79. The minimum atomic E-state index is -0.730. The van der Waals surface area contributed by atoms with E-state index < -0.39 is 12.2 Å². The first-order chi connectivity index (χ1) is 11.0. The van der Waals surface area contributed by atoms with Crippen LogP contribution in [-0.4, -0.2) is 23.7 Å². The van der Waals surface area contributed by atoms with Gasteiger partial charge in [-0.2, -0.15) is 0 Å². The fourth-order valence-electron chi connectivity index (χ4n) is 2.36. The van der Waals surface area contributed by atoms with Gasteiger partial charge in [0.25, 0.3) is 5.91 Å². The number of nitrogens with one attached hydrogen (secondary N) is 1. The van der Waals surface area contributed by atoms with Gasteiger partial charge in [0, 0.05) is 6.54 Å². The summed E-state index contributed by atoms with van der Waals surface area (Å²) in [5.74, 6) is 0.409. The third-order valence-corrected chi connectivity index (χ3v) is 3.69. The number of rotatable bonds is 6. The minimum Gasteiger partial charge on any atom is -0.481 e. The van der Waals surface area contributed by atoms with Crippen LogP contribution < -0.4 is 10.1 Å². The van der Waals surface area contributed by atoms with E-state index in [1.165, 1.54) is 0 Å². The molecule has 0 heterocycles. The Hall–Kier alpha value is -2.33. The Morgan fingerprint density at radius 2 is 1.91 bits per heavy atom. The molecule has 122 valence electrons. The van der Waals surface area contributed by atoms with Crippen molar-refractivity contribution in [3.05, 3.63) is 65.2 Å². The molecule has 0 saturated carbocycles. The monoisotopic (exact) mass is 313 g/mol. The zero-order chi connectivity index (χ0) is 16.8. The number of carbonyl (C=O) groups excluding carboxylic acids is 1. The van der Waals surface area contributed by atoms with Gasteiger partial charge in [0.05, 0.1) is 6.10 Å². The minimum absolute atomic E-state index is 0.158. The summed E-state index contributed by atoms with van der Waals surface area (Å²) in [5, 5.41) is 12.9. The number of benzene rings is 2. The van der Waals surface area contributed by atoms with E-state index >= 15 is 0 Å². The van der Waals surface area contributed by atoms with Crippen LogP contribution >= 0.6 is 0 Å². The third kappa shape index (κ3) is 4.83. The molecular weight excluding hydrogens is 290 g/mol. The van der Waals surface area contributed by atoms with E-state index in [-0.39, 0.29) is 12.5 Å². The molecule has 0 saturated heterocycles. The number of amides is 1. The van der Waals surface area contributed by atoms with E-state index in [1.807, 2.05) is 62.4 Å². The van der Waals surface area contributed by atoms with Crippen molar-refractivity contribution in [2.75, 3.05) is 6.54 Å². The number of ether oxygens (including phenoxy) is 1. The molecule has 0 fully saturated rings.